The molecule has 13 heteroatoms. The molecule has 10 nitrogen and oxygen atoms in total. The van der Waals surface area contributed by atoms with Gasteiger partial charge in [0.1, 0.15) is 0 Å². The maximum Gasteiger partial charge on any atom is 0.343 e. The first-order valence-electron chi connectivity index (χ1n) is 10.6. The van der Waals surface area contributed by atoms with E-state index in [1.165, 1.54) is 25.1 Å². The van der Waals surface area contributed by atoms with Crippen LogP contribution < -0.4 is 9.47 Å². The molecule has 0 radical (unpaired) electrons. The molecule has 2 aliphatic rings. The van der Waals surface area contributed by atoms with Gasteiger partial charge in [0.25, 0.3) is 5.91 Å². The number of ether oxygens (including phenoxy) is 2. The molecular formula is C23H19ClN4O6S2. The summed E-state index contributed by atoms with van der Waals surface area (Å²) in [5.74, 6) is -1.71. The molecule has 186 valence electrons. The smallest absolute Gasteiger partial charge is 0.343 e. The number of sulfone groups is 1. The topological polar surface area (TPSA) is 139 Å². The fourth-order valence-electron chi connectivity index (χ4n) is 3.15. The summed E-state index contributed by atoms with van der Waals surface area (Å²) < 4.78 is 35.2. The van der Waals surface area contributed by atoms with Crippen LogP contribution >= 0.6 is 23.4 Å². The Bertz CT molecular complexity index is 1470. The Morgan fingerprint density at radius 2 is 1.94 bits per heavy atom. The van der Waals surface area contributed by atoms with Gasteiger partial charge in [-0.2, -0.15) is 10.0 Å². The minimum atomic E-state index is -3.64. The van der Waals surface area contributed by atoms with Gasteiger partial charge in [-0.15, -0.1) is 5.10 Å². The van der Waals surface area contributed by atoms with Crippen molar-refractivity contribution in [3.63, 3.8) is 0 Å². The molecule has 0 bridgehead atoms. The maximum absolute atomic E-state index is 12.7. The summed E-state index contributed by atoms with van der Waals surface area (Å²) in [7, 11) is -3.64. The third kappa shape index (κ3) is 5.06. The van der Waals surface area contributed by atoms with Crippen LogP contribution in [0, 0.1) is 5.41 Å². The molecule has 2 heterocycles. The molecule has 0 aliphatic carbocycles. The molecule has 0 spiro atoms. The number of hydrogen-bond acceptors (Lipinski definition) is 9. The van der Waals surface area contributed by atoms with Gasteiger partial charge in [-0.05, 0) is 54.6 Å². The Morgan fingerprint density at radius 3 is 2.61 bits per heavy atom. The summed E-state index contributed by atoms with van der Waals surface area (Å²) in [4.78, 5) is 29.1. The molecule has 4 rings (SSSR count). The summed E-state index contributed by atoms with van der Waals surface area (Å²) in [6.07, 6.45) is 1.36. The number of nitrogens with zero attached hydrogens (tertiary/aromatic N) is 3. The number of carbonyl (C=O) groups excluding carboxylic acids is 2. The number of amides is 1. The third-order valence-corrected chi connectivity index (χ3v) is 8.30. The second-order valence-corrected chi connectivity index (χ2v) is 11.1. The second kappa shape index (κ2) is 10.2. The van der Waals surface area contributed by atoms with Crippen LogP contribution in [0.4, 0.5) is 0 Å². The van der Waals surface area contributed by atoms with Gasteiger partial charge in [0.15, 0.2) is 17.3 Å². The van der Waals surface area contributed by atoms with Gasteiger partial charge in [-0.3, -0.25) is 10.2 Å². The molecule has 1 N–H and O–H groups in total. The molecule has 1 amide bonds. The van der Waals surface area contributed by atoms with Crippen molar-refractivity contribution in [1.29, 1.82) is 5.41 Å². The number of rotatable bonds is 6. The van der Waals surface area contributed by atoms with E-state index in [2.05, 4.69) is 10.1 Å². The molecule has 0 atom stereocenters. The predicted molar refractivity (Wildman–Crippen MR) is 138 cm³/mol. The van der Waals surface area contributed by atoms with E-state index in [0.717, 1.165) is 16.8 Å². The Labute approximate surface area is 216 Å². The van der Waals surface area contributed by atoms with Crippen molar-refractivity contribution < 1.29 is 27.5 Å². The normalized spacial score (nSPS) is 16.5. The molecule has 2 aromatic carbocycles. The summed E-state index contributed by atoms with van der Waals surface area (Å²) in [6, 6.07) is 11.3. The molecule has 0 saturated carbocycles. The first-order valence-corrected chi connectivity index (χ1v) is 13.5. The highest BCUT2D eigenvalue weighted by Gasteiger charge is 2.39. The summed E-state index contributed by atoms with van der Waals surface area (Å²) in [5, 5.41) is 13.4. The number of hydrazone groups is 1. The van der Waals surface area contributed by atoms with Gasteiger partial charge in [-0.1, -0.05) is 36.7 Å². The SMILES string of the molecule is CCOc1cc(/C=C2\C(=N)N3N=C(S(=O)(=O)CC)SC3=NC2=O)cc(Cl)c1OC(=O)c1ccccc1. The van der Waals surface area contributed by atoms with Crippen molar-refractivity contribution in [3.8, 4) is 11.5 Å². The van der Waals surface area contributed by atoms with E-state index < -0.39 is 21.7 Å². The number of fused-ring (bicyclic) bond motifs is 1. The molecule has 0 saturated heterocycles. The maximum atomic E-state index is 12.7. The van der Waals surface area contributed by atoms with Crippen LogP contribution in [0.1, 0.15) is 29.8 Å². The first-order chi connectivity index (χ1) is 17.1. The van der Waals surface area contributed by atoms with E-state index in [4.69, 9.17) is 26.5 Å². The standard InChI is InChI=1S/C23H19ClN4O6S2/c1-3-33-17-12-13(11-16(24)18(17)34-21(30)14-8-6-5-7-9-14)10-15-19(25)28-22(26-20(15)29)35-23(27-28)36(31,32)4-2/h5-12,25H,3-4H2,1-2H3/b15-10+,25-19?. The average Bonchev–Trinajstić information content (AvgIpc) is 3.29. The van der Waals surface area contributed by atoms with Gasteiger partial charge in [0.05, 0.1) is 28.5 Å². The minimum absolute atomic E-state index is 0.00890. The van der Waals surface area contributed by atoms with E-state index in [9.17, 15) is 18.0 Å². The molecule has 36 heavy (non-hydrogen) atoms. The molecule has 2 aliphatic heterocycles. The number of benzene rings is 2. The predicted octanol–water partition coefficient (Wildman–Crippen LogP) is 3.97. The third-order valence-electron chi connectivity index (χ3n) is 4.93. The van der Waals surface area contributed by atoms with Crippen molar-refractivity contribution in [2.45, 2.75) is 13.8 Å². The Hall–Kier alpha value is -3.48. The number of thioether (sulfide) groups is 1. The summed E-state index contributed by atoms with van der Waals surface area (Å²) >= 11 is 7.13. The van der Waals surface area contributed by atoms with Crippen LogP contribution in [-0.2, 0) is 14.6 Å². The number of esters is 1. The lowest BCUT2D eigenvalue weighted by atomic mass is 10.1. The fraction of sp³-hybridized carbons (Fsp3) is 0.174. The zero-order valence-corrected chi connectivity index (χ0v) is 21.4. The lowest BCUT2D eigenvalue weighted by Gasteiger charge is -2.20. The summed E-state index contributed by atoms with van der Waals surface area (Å²) in [6.45, 7) is 3.45. The van der Waals surface area contributed by atoms with Crippen molar-refractivity contribution >= 4 is 66.5 Å². The van der Waals surface area contributed by atoms with E-state index in [-0.39, 0.29) is 49.8 Å². The Balaban J connectivity index is 1.68. The second-order valence-electron chi connectivity index (χ2n) is 7.31. The van der Waals surface area contributed by atoms with E-state index >= 15 is 0 Å². The highest BCUT2D eigenvalue weighted by Crippen LogP contribution is 2.38. The molecule has 2 aromatic rings. The van der Waals surface area contributed by atoms with Crippen LogP contribution in [0.5, 0.6) is 11.5 Å². The van der Waals surface area contributed by atoms with E-state index in [1.807, 2.05) is 0 Å². The Morgan fingerprint density at radius 1 is 1.22 bits per heavy atom. The van der Waals surface area contributed by atoms with E-state index in [1.54, 1.807) is 37.3 Å². The van der Waals surface area contributed by atoms with Crippen molar-refractivity contribution in [2.75, 3.05) is 12.4 Å². The first kappa shape index (κ1) is 25.6. The zero-order chi connectivity index (χ0) is 26.0. The number of aliphatic imine (C=N–C) groups is 1. The van der Waals surface area contributed by atoms with Crippen LogP contribution in [0.25, 0.3) is 6.08 Å². The molecule has 0 fully saturated rings. The number of nitrogens with one attached hydrogen (secondary N) is 1. The van der Waals surface area contributed by atoms with Gasteiger partial charge in [0, 0.05) is 0 Å². The van der Waals surface area contributed by atoms with Crippen LogP contribution in [0.2, 0.25) is 5.02 Å². The highest BCUT2D eigenvalue weighted by molar-refractivity contribution is 8.42. The fourth-order valence-corrected chi connectivity index (χ4v) is 5.57. The lowest BCUT2D eigenvalue weighted by Crippen LogP contribution is -2.35. The van der Waals surface area contributed by atoms with Crippen molar-refractivity contribution in [2.24, 2.45) is 10.1 Å². The van der Waals surface area contributed by atoms with Crippen LogP contribution in [-0.4, -0.2) is 53.0 Å². The van der Waals surface area contributed by atoms with Crippen LogP contribution in [0.3, 0.4) is 0 Å². The molecule has 0 unspecified atom stereocenters. The van der Waals surface area contributed by atoms with Gasteiger partial charge in [-0.25, -0.2) is 13.2 Å². The minimum Gasteiger partial charge on any atom is -0.490 e. The van der Waals surface area contributed by atoms with Crippen LogP contribution in [0.15, 0.2) is 58.1 Å². The zero-order valence-electron chi connectivity index (χ0n) is 19.0. The monoisotopic (exact) mass is 546 g/mol. The quantitative estimate of drug-likeness (QED) is 0.326. The highest BCUT2D eigenvalue weighted by atomic mass is 35.5. The summed E-state index contributed by atoms with van der Waals surface area (Å²) in [5.41, 5.74) is 0.559. The van der Waals surface area contributed by atoms with Crippen molar-refractivity contribution in [1.82, 2.24) is 5.01 Å². The Kier molecular flexibility index (Phi) is 7.29. The number of amidine groups is 2. The van der Waals surface area contributed by atoms with Gasteiger partial charge >= 0.3 is 5.97 Å². The van der Waals surface area contributed by atoms with E-state index in [0.29, 0.717) is 11.1 Å². The number of hydrogen-bond donors (Lipinski definition) is 1. The lowest BCUT2D eigenvalue weighted by molar-refractivity contribution is -0.114. The molecular weight excluding hydrogens is 528 g/mol. The number of halogens is 1. The number of carbonyl (C=O) groups is 2. The van der Waals surface area contributed by atoms with Crippen molar-refractivity contribution in [3.05, 3.63) is 64.2 Å². The molecule has 0 aromatic heterocycles. The van der Waals surface area contributed by atoms with Gasteiger partial charge in [0.2, 0.25) is 19.4 Å². The largest absolute Gasteiger partial charge is 0.490 e. The van der Waals surface area contributed by atoms with Gasteiger partial charge < -0.3 is 9.47 Å². The average molecular weight is 547 g/mol.